The minimum absolute atomic E-state index is 0.187. The van der Waals surface area contributed by atoms with E-state index in [-0.39, 0.29) is 11.2 Å². The smallest absolute Gasteiger partial charge is 0.124 e. The normalized spacial score (nSPS) is 13.1. The topological polar surface area (TPSA) is 0 Å². The summed E-state index contributed by atoms with van der Waals surface area (Å²) in [5.41, 5.74) is 0. The highest BCUT2D eigenvalue weighted by Gasteiger charge is 2.19. The Morgan fingerprint density at radius 1 is 1.21 bits per heavy atom. The molecule has 1 unspecified atom stereocenters. The summed E-state index contributed by atoms with van der Waals surface area (Å²) >= 11 is 13.3. The van der Waals surface area contributed by atoms with Crippen molar-refractivity contribution >= 4 is 60.3 Å². The maximum absolute atomic E-state index is 13.2. The highest BCUT2D eigenvalue weighted by Crippen LogP contribution is 2.43. The second kappa shape index (κ2) is 5.17. The molecule has 0 spiro atoms. The molecule has 2 heterocycles. The quantitative estimate of drug-likeness (QED) is 0.448. The van der Waals surface area contributed by atoms with Crippen LogP contribution in [-0.2, 0) is 0 Å². The number of aryl methyl sites for hydroxylation is 1. The standard InChI is InChI=1S/C14H9BrClFS2/c1-7-4-10(15)14(18-7)13(16)12-5-8-2-3-9(17)6-11(8)19-12/h2-6,13H,1H3. The molecule has 0 bridgehead atoms. The van der Waals surface area contributed by atoms with Gasteiger partial charge in [0.15, 0.2) is 0 Å². The van der Waals surface area contributed by atoms with Crippen molar-refractivity contribution in [3.8, 4) is 0 Å². The van der Waals surface area contributed by atoms with Crippen LogP contribution in [0.1, 0.15) is 20.0 Å². The molecular weight excluding hydrogens is 367 g/mol. The van der Waals surface area contributed by atoms with Crippen LogP contribution in [0.5, 0.6) is 0 Å². The maximum atomic E-state index is 13.2. The van der Waals surface area contributed by atoms with E-state index in [0.29, 0.717) is 0 Å². The van der Waals surface area contributed by atoms with Crippen molar-refractivity contribution in [2.75, 3.05) is 0 Å². The summed E-state index contributed by atoms with van der Waals surface area (Å²) in [4.78, 5) is 3.37. The Balaban J connectivity index is 2.06. The zero-order valence-corrected chi connectivity index (χ0v) is 13.9. The first-order chi connectivity index (χ1) is 9.04. The van der Waals surface area contributed by atoms with Crippen LogP contribution >= 0.6 is 50.2 Å². The number of benzene rings is 1. The van der Waals surface area contributed by atoms with Gasteiger partial charge in [-0.1, -0.05) is 6.07 Å². The van der Waals surface area contributed by atoms with E-state index in [1.165, 1.54) is 10.9 Å². The van der Waals surface area contributed by atoms with Gasteiger partial charge in [0.25, 0.3) is 0 Å². The molecule has 98 valence electrons. The summed E-state index contributed by atoms with van der Waals surface area (Å²) in [6.45, 7) is 2.06. The fourth-order valence-corrected chi connectivity index (χ4v) is 5.56. The van der Waals surface area contributed by atoms with E-state index in [2.05, 4.69) is 28.9 Å². The van der Waals surface area contributed by atoms with Crippen LogP contribution in [-0.4, -0.2) is 0 Å². The summed E-state index contributed by atoms with van der Waals surface area (Å²) in [6.07, 6.45) is 0. The monoisotopic (exact) mass is 374 g/mol. The first kappa shape index (κ1) is 13.6. The van der Waals surface area contributed by atoms with Crippen LogP contribution in [0, 0.1) is 12.7 Å². The molecule has 2 aromatic heterocycles. The molecule has 3 aromatic rings. The van der Waals surface area contributed by atoms with Crippen LogP contribution in [0.25, 0.3) is 10.1 Å². The molecule has 0 saturated heterocycles. The molecule has 19 heavy (non-hydrogen) atoms. The Morgan fingerprint density at radius 3 is 2.68 bits per heavy atom. The Hall–Kier alpha value is -0.420. The minimum atomic E-state index is -0.208. The summed E-state index contributed by atoms with van der Waals surface area (Å²) in [5.74, 6) is -0.208. The van der Waals surface area contributed by atoms with Crippen LogP contribution in [0.2, 0.25) is 0 Å². The van der Waals surface area contributed by atoms with Crippen LogP contribution in [0.4, 0.5) is 4.39 Å². The molecule has 0 saturated carbocycles. The van der Waals surface area contributed by atoms with Gasteiger partial charge in [-0.3, -0.25) is 0 Å². The van der Waals surface area contributed by atoms with Gasteiger partial charge in [0.2, 0.25) is 0 Å². The SMILES string of the molecule is Cc1cc(Br)c(C(Cl)c2cc3ccc(F)cc3s2)s1. The van der Waals surface area contributed by atoms with Crippen LogP contribution in [0.3, 0.4) is 0 Å². The number of thiophene rings is 2. The van der Waals surface area contributed by atoms with Crippen molar-refractivity contribution in [2.45, 2.75) is 12.3 Å². The Kier molecular flexibility index (Phi) is 3.69. The van der Waals surface area contributed by atoms with Gasteiger partial charge in [0, 0.05) is 23.8 Å². The van der Waals surface area contributed by atoms with E-state index in [1.54, 1.807) is 34.8 Å². The lowest BCUT2D eigenvalue weighted by Crippen LogP contribution is -1.85. The van der Waals surface area contributed by atoms with Gasteiger partial charge in [0.1, 0.15) is 11.2 Å². The number of halogens is 3. The Bertz CT molecular complexity index is 747. The molecule has 0 amide bonds. The van der Waals surface area contributed by atoms with E-state index in [1.807, 2.05) is 6.07 Å². The highest BCUT2D eigenvalue weighted by atomic mass is 79.9. The molecule has 0 aliphatic heterocycles. The van der Waals surface area contributed by atoms with Gasteiger partial charge in [-0.25, -0.2) is 4.39 Å². The molecule has 1 aromatic carbocycles. The molecule has 0 N–H and O–H groups in total. The Labute approximate surface area is 132 Å². The number of rotatable bonds is 2. The maximum Gasteiger partial charge on any atom is 0.124 e. The summed E-state index contributed by atoms with van der Waals surface area (Å²) < 4.78 is 15.2. The van der Waals surface area contributed by atoms with E-state index >= 15 is 0 Å². The number of alkyl halides is 1. The average Bonchev–Trinajstić information content (AvgIpc) is 2.91. The minimum Gasteiger partial charge on any atom is -0.207 e. The molecule has 3 rings (SSSR count). The van der Waals surface area contributed by atoms with Crippen molar-refractivity contribution in [3.05, 3.63) is 55.3 Å². The molecule has 0 radical (unpaired) electrons. The van der Waals surface area contributed by atoms with Crippen LogP contribution < -0.4 is 0 Å². The second-order valence-electron chi connectivity index (χ2n) is 4.26. The first-order valence-corrected chi connectivity index (χ1v) is 8.50. The summed E-state index contributed by atoms with van der Waals surface area (Å²) in [6, 6.07) is 8.94. The lowest BCUT2D eigenvalue weighted by atomic mass is 10.2. The first-order valence-electron chi connectivity index (χ1n) is 5.63. The van der Waals surface area contributed by atoms with Gasteiger partial charge < -0.3 is 0 Å². The van der Waals surface area contributed by atoms with Crippen molar-refractivity contribution < 1.29 is 4.39 Å². The van der Waals surface area contributed by atoms with Gasteiger partial charge in [0.05, 0.1) is 0 Å². The highest BCUT2D eigenvalue weighted by molar-refractivity contribution is 9.10. The third kappa shape index (κ3) is 2.59. The number of fused-ring (bicyclic) bond motifs is 1. The number of hydrogen-bond acceptors (Lipinski definition) is 2. The van der Waals surface area contributed by atoms with E-state index in [9.17, 15) is 4.39 Å². The summed E-state index contributed by atoms with van der Waals surface area (Å²) in [5, 5.41) is 0.852. The third-order valence-corrected chi connectivity index (χ3v) is 6.73. The van der Waals surface area contributed by atoms with Gasteiger partial charge in [-0.05, 0) is 52.5 Å². The Morgan fingerprint density at radius 2 is 2.00 bits per heavy atom. The zero-order chi connectivity index (χ0) is 13.6. The summed E-state index contributed by atoms with van der Waals surface area (Å²) in [7, 11) is 0. The van der Waals surface area contributed by atoms with Crippen molar-refractivity contribution in [3.63, 3.8) is 0 Å². The zero-order valence-electron chi connectivity index (χ0n) is 9.91. The van der Waals surface area contributed by atoms with Crippen molar-refractivity contribution in [2.24, 2.45) is 0 Å². The van der Waals surface area contributed by atoms with Gasteiger partial charge in [-0.2, -0.15) is 0 Å². The third-order valence-electron chi connectivity index (χ3n) is 2.82. The second-order valence-corrected chi connectivity index (χ2v) is 7.96. The number of hydrogen-bond donors (Lipinski definition) is 0. The molecule has 0 aliphatic rings. The predicted octanol–water partition coefficient (Wildman–Crippen LogP) is 6.50. The lowest BCUT2D eigenvalue weighted by Gasteiger charge is -2.04. The average molecular weight is 376 g/mol. The van der Waals surface area contributed by atoms with Crippen molar-refractivity contribution in [1.29, 1.82) is 0 Å². The fraction of sp³-hybridized carbons (Fsp3) is 0.143. The van der Waals surface area contributed by atoms with Gasteiger partial charge >= 0.3 is 0 Å². The fourth-order valence-electron chi connectivity index (χ4n) is 1.95. The molecular formula is C14H9BrClFS2. The van der Waals surface area contributed by atoms with Crippen LogP contribution in [0.15, 0.2) is 34.8 Å². The lowest BCUT2D eigenvalue weighted by molar-refractivity contribution is 0.630. The van der Waals surface area contributed by atoms with E-state index in [4.69, 9.17) is 11.6 Å². The van der Waals surface area contributed by atoms with E-state index < -0.39 is 0 Å². The van der Waals surface area contributed by atoms with E-state index in [0.717, 1.165) is 24.3 Å². The molecule has 0 aliphatic carbocycles. The molecule has 1 atom stereocenters. The van der Waals surface area contributed by atoms with Gasteiger partial charge in [-0.15, -0.1) is 34.3 Å². The van der Waals surface area contributed by atoms with Crippen molar-refractivity contribution in [1.82, 2.24) is 0 Å². The largest absolute Gasteiger partial charge is 0.207 e. The molecule has 5 heteroatoms. The molecule has 0 nitrogen and oxygen atoms in total. The molecule has 0 fully saturated rings. The predicted molar refractivity (Wildman–Crippen MR) is 86.2 cm³/mol.